The van der Waals surface area contributed by atoms with Gasteiger partial charge < -0.3 is 0 Å². The van der Waals surface area contributed by atoms with Crippen LogP contribution in [0.2, 0.25) is 0 Å². The zero-order chi connectivity index (χ0) is 9.30. The van der Waals surface area contributed by atoms with Crippen LogP contribution in [0, 0.1) is 10.5 Å². The van der Waals surface area contributed by atoms with E-state index in [9.17, 15) is 4.79 Å². The molecule has 0 spiro atoms. The van der Waals surface area contributed by atoms with E-state index in [0.29, 0.717) is 0 Å². The Hall–Kier alpha value is 0.1000. The molecule has 0 saturated heterocycles. The molecular weight excluding hydrogens is 331 g/mol. The van der Waals surface area contributed by atoms with Gasteiger partial charge in [0.25, 0.3) is 0 Å². The number of hydrogen-bond donors (Lipinski definition) is 0. The summed E-state index contributed by atoms with van der Waals surface area (Å²) in [6, 6.07) is 3.91. The second kappa shape index (κ2) is 3.87. The van der Waals surface area contributed by atoms with Gasteiger partial charge in [-0.2, -0.15) is 0 Å². The van der Waals surface area contributed by atoms with Gasteiger partial charge in [-0.05, 0) is 64.0 Å². The van der Waals surface area contributed by atoms with E-state index in [0.717, 1.165) is 19.2 Å². The quantitative estimate of drug-likeness (QED) is 0.565. The Labute approximate surface area is 93.8 Å². The maximum atomic E-state index is 11.2. The van der Waals surface area contributed by atoms with Crippen LogP contribution in [0.3, 0.4) is 0 Å². The molecule has 0 aliphatic heterocycles. The number of carbonyl (C=O) groups excluding carboxylic acids is 1. The first-order chi connectivity index (χ1) is 5.54. The maximum absolute atomic E-state index is 11.2. The van der Waals surface area contributed by atoms with E-state index in [1.54, 1.807) is 6.92 Å². The van der Waals surface area contributed by atoms with Crippen LogP contribution in [0.1, 0.15) is 22.8 Å². The van der Waals surface area contributed by atoms with E-state index in [1.807, 2.05) is 19.1 Å². The molecule has 3 heteroatoms. The number of hydrogen-bond acceptors (Lipinski definition) is 1. The highest BCUT2D eigenvalue weighted by atomic mass is 127. The van der Waals surface area contributed by atoms with Crippen molar-refractivity contribution in [3.8, 4) is 0 Å². The van der Waals surface area contributed by atoms with Crippen molar-refractivity contribution in [3.05, 3.63) is 31.3 Å². The molecule has 0 N–H and O–H groups in total. The molecule has 0 heterocycles. The number of ketones is 1. The summed E-state index contributed by atoms with van der Waals surface area (Å²) in [5.41, 5.74) is 1.86. The lowest BCUT2D eigenvalue weighted by Gasteiger charge is -2.05. The summed E-state index contributed by atoms with van der Waals surface area (Å²) in [6.45, 7) is 3.54. The summed E-state index contributed by atoms with van der Waals surface area (Å²) >= 11 is 5.57. The number of carbonyl (C=O) groups is 1. The standard InChI is InChI=1S/C9H8BrIO/c1-5-3-4-7(10)9(11)8(5)6(2)12/h3-4H,1-2H3. The summed E-state index contributed by atoms with van der Waals surface area (Å²) in [4.78, 5) is 11.2. The molecule has 0 aliphatic carbocycles. The van der Waals surface area contributed by atoms with Gasteiger partial charge in [0.2, 0.25) is 0 Å². The molecule has 0 amide bonds. The van der Waals surface area contributed by atoms with Gasteiger partial charge in [0, 0.05) is 13.6 Å². The van der Waals surface area contributed by atoms with E-state index >= 15 is 0 Å². The summed E-state index contributed by atoms with van der Waals surface area (Å²) in [7, 11) is 0. The highest BCUT2D eigenvalue weighted by molar-refractivity contribution is 14.1. The fraction of sp³-hybridized carbons (Fsp3) is 0.222. The van der Waals surface area contributed by atoms with Gasteiger partial charge in [-0.25, -0.2) is 0 Å². The largest absolute Gasteiger partial charge is 0.294 e. The van der Waals surface area contributed by atoms with E-state index in [2.05, 4.69) is 38.5 Å². The first-order valence-electron chi connectivity index (χ1n) is 3.49. The van der Waals surface area contributed by atoms with Crippen LogP contribution in [0.15, 0.2) is 16.6 Å². The van der Waals surface area contributed by atoms with E-state index < -0.39 is 0 Å². The maximum Gasteiger partial charge on any atom is 0.161 e. The monoisotopic (exact) mass is 338 g/mol. The smallest absolute Gasteiger partial charge is 0.161 e. The lowest BCUT2D eigenvalue weighted by atomic mass is 10.1. The van der Waals surface area contributed by atoms with Crippen LogP contribution in [-0.2, 0) is 0 Å². The molecule has 0 fully saturated rings. The average molecular weight is 339 g/mol. The molecule has 0 unspecified atom stereocenters. The summed E-state index contributed by atoms with van der Waals surface area (Å²) in [5.74, 6) is 0.123. The molecule has 0 saturated carbocycles. The molecule has 0 atom stereocenters. The van der Waals surface area contributed by atoms with Crippen molar-refractivity contribution in [2.24, 2.45) is 0 Å². The van der Waals surface area contributed by atoms with Crippen LogP contribution < -0.4 is 0 Å². The van der Waals surface area contributed by atoms with Crippen molar-refractivity contribution < 1.29 is 4.79 Å². The van der Waals surface area contributed by atoms with Crippen LogP contribution in [-0.4, -0.2) is 5.78 Å². The van der Waals surface area contributed by atoms with Gasteiger partial charge in [0.15, 0.2) is 5.78 Å². The Morgan fingerprint density at radius 1 is 1.50 bits per heavy atom. The Balaban J connectivity index is 3.43. The number of rotatable bonds is 1. The average Bonchev–Trinajstić information content (AvgIpc) is 1.97. The topological polar surface area (TPSA) is 17.1 Å². The lowest BCUT2D eigenvalue weighted by Crippen LogP contribution is -2.00. The van der Waals surface area contributed by atoms with Crippen molar-refractivity contribution in [2.45, 2.75) is 13.8 Å². The zero-order valence-corrected chi connectivity index (χ0v) is 10.6. The number of Topliss-reactive ketones (excluding diaryl/α,β-unsaturated/α-hetero) is 1. The van der Waals surface area contributed by atoms with Crippen molar-refractivity contribution in [1.82, 2.24) is 0 Å². The van der Waals surface area contributed by atoms with E-state index in [1.165, 1.54) is 0 Å². The molecule has 0 aliphatic rings. The highest BCUT2D eigenvalue weighted by Crippen LogP contribution is 2.25. The summed E-state index contributed by atoms with van der Waals surface area (Å²) < 4.78 is 1.99. The molecule has 0 bridgehead atoms. The molecule has 1 nitrogen and oxygen atoms in total. The molecular formula is C9H8BrIO. The fourth-order valence-corrected chi connectivity index (χ4v) is 2.39. The van der Waals surface area contributed by atoms with Crippen LogP contribution >= 0.6 is 38.5 Å². The number of benzene rings is 1. The SMILES string of the molecule is CC(=O)c1c(C)ccc(Br)c1I. The van der Waals surface area contributed by atoms with Crippen molar-refractivity contribution >= 4 is 44.3 Å². The lowest BCUT2D eigenvalue weighted by molar-refractivity contribution is 0.101. The van der Waals surface area contributed by atoms with E-state index in [-0.39, 0.29) is 5.78 Å². The Morgan fingerprint density at radius 2 is 2.08 bits per heavy atom. The third-order valence-corrected chi connectivity index (χ3v) is 4.18. The molecule has 0 aromatic heterocycles. The van der Waals surface area contributed by atoms with Crippen molar-refractivity contribution in [2.75, 3.05) is 0 Å². The fourth-order valence-electron chi connectivity index (χ4n) is 1.08. The van der Waals surface area contributed by atoms with Gasteiger partial charge in [0.1, 0.15) is 0 Å². The van der Waals surface area contributed by atoms with Gasteiger partial charge in [0.05, 0.1) is 0 Å². The molecule has 1 rings (SSSR count). The Bertz CT molecular complexity index is 334. The Morgan fingerprint density at radius 3 is 2.50 bits per heavy atom. The van der Waals surface area contributed by atoms with Crippen LogP contribution in [0.5, 0.6) is 0 Å². The Kier molecular flexibility index (Phi) is 3.29. The zero-order valence-electron chi connectivity index (χ0n) is 6.82. The minimum Gasteiger partial charge on any atom is -0.294 e. The van der Waals surface area contributed by atoms with Gasteiger partial charge >= 0.3 is 0 Å². The molecule has 64 valence electrons. The van der Waals surface area contributed by atoms with Crippen LogP contribution in [0.4, 0.5) is 0 Å². The first kappa shape index (κ1) is 10.2. The number of halogens is 2. The summed E-state index contributed by atoms with van der Waals surface area (Å²) in [6.07, 6.45) is 0. The molecule has 12 heavy (non-hydrogen) atoms. The molecule has 0 radical (unpaired) electrons. The van der Waals surface area contributed by atoms with E-state index in [4.69, 9.17) is 0 Å². The predicted molar refractivity (Wildman–Crippen MR) is 61.6 cm³/mol. The second-order valence-corrected chi connectivity index (χ2v) is 4.54. The molecule has 1 aromatic rings. The summed E-state index contributed by atoms with van der Waals surface area (Å²) in [5, 5.41) is 0. The van der Waals surface area contributed by atoms with Gasteiger partial charge in [-0.15, -0.1) is 0 Å². The number of aryl methyl sites for hydroxylation is 1. The second-order valence-electron chi connectivity index (χ2n) is 2.61. The highest BCUT2D eigenvalue weighted by Gasteiger charge is 2.10. The third kappa shape index (κ3) is 1.88. The molecule has 1 aromatic carbocycles. The predicted octanol–water partition coefficient (Wildman–Crippen LogP) is 3.56. The van der Waals surface area contributed by atoms with Crippen LogP contribution in [0.25, 0.3) is 0 Å². The van der Waals surface area contributed by atoms with Crippen molar-refractivity contribution in [3.63, 3.8) is 0 Å². The first-order valence-corrected chi connectivity index (χ1v) is 5.36. The minimum atomic E-state index is 0.123. The van der Waals surface area contributed by atoms with Gasteiger partial charge in [-0.1, -0.05) is 6.07 Å². The third-order valence-electron chi connectivity index (χ3n) is 1.66. The van der Waals surface area contributed by atoms with Gasteiger partial charge in [-0.3, -0.25) is 4.79 Å². The van der Waals surface area contributed by atoms with Crippen molar-refractivity contribution in [1.29, 1.82) is 0 Å². The normalized spacial score (nSPS) is 10.0. The minimum absolute atomic E-state index is 0.123.